The van der Waals surface area contributed by atoms with Gasteiger partial charge in [0.15, 0.2) is 0 Å². The van der Waals surface area contributed by atoms with E-state index in [1.54, 1.807) is 7.11 Å². The molecule has 1 aliphatic heterocycles. The molecule has 0 aromatic rings. The van der Waals surface area contributed by atoms with Gasteiger partial charge in [-0.15, -0.1) is 0 Å². The first-order valence-electron chi connectivity index (χ1n) is 8.44. The SMILES string of the molecule is COC(C)(C)CC(C)NCC(CC(C)C)N1CCOCC1. The topological polar surface area (TPSA) is 33.7 Å². The molecule has 21 heavy (non-hydrogen) atoms. The average molecular weight is 300 g/mol. The number of hydrogen-bond donors (Lipinski definition) is 1. The van der Waals surface area contributed by atoms with Crippen LogP contribution in [0.15, 0.2) is 0 Å². The van der Waals surface area contributed by atoms with E-state index in [4.69, 9.17) is 9.47 Å². The van der Waals surface area contributed by atoms with E-state index in [-0.39, 0.29) is 5.60 Å². The Bertz CT molecular complexity index is 276. The van der Waals surface area contributed by atoms with Crippen molar-refractivity contribution in [2.24, 2.45) is 5.92 Å². The molecule has 0 bridgehead atoms. The predicted molar refractivity (Wildman–Crippen MR) is 88.8 cm³/mol. The Hall–Kier alpha value is -0.160. The van der Waals surface area contributed by atoms with Crippen molar-refractivity contribution in [2.45, 2.75) is 65.1 Å². The zero-order valence-electron chi connectivity index (χ0n) is 14.9. The molecule has 0 saturated carbocycles. The summed E-state index contributed by atoms with van der Waals surface area (Å²) in [6.45, 7) is 16.1. The molecule has 1 aliphatic rings. The maximum atomic E-state index is 5.53. The fourth-order valence-electron chi connectivity index (χ4n) is 3.08. The van der Waals surface area contributed by atoms with Gasteiger partial charge in [-0.25, -0.2) is 0 Å². The van der Waals surface area contributed by atoms with Gasteiger partial charge in [0.1, 0.15) is 0 Å². The van der Waals surface area contributed by atoms with Gasteiger partial charge in [-0.3, -0.25) is 4.90 Å². The van der Waals surface area contributed by atoms with Crippen LogP contribution in [0.1, 0.15) is 47.5 Å². The van der Waals surface area contributed by atoms with Gasteiger partial charge in [0.2, 0.25) is 0 Å². The number of nitrogens with one attached hydrogen (secondary N) is 1. The van der Waals surface area contributed by atoms with E-state index in [1.807, 2.05) is 0 Å². The van der Waals surface area contributed by atoms with Crippen LogP contribution in [0.4, 0.5) is 0 Å². The second-order valence-corrected chi connectivity index (χ2v) is 7.41. The Morgan fingerprint density at radius 1 is 1.19 bits per heavy atom. The molecule has 4 heteroatoms. The van der Waals surface area contributed by atoms with Gasteiger partial charge in [0, 0.05) is 38.8 Å². The van der Waals surface area contributed by atoms with Gasteiger partial charge in [0.25, 0.3) is 0 Å². The van der Waals surface area contributed by atoms with Crippen LogP contribution in [0, 0.1) is 5.92 Å². The zero-order valence-corrected chi connectivity index (χ0v) is 14.9. The van der Waals surface area contributed by atoms with E-state index in [9.17, 15) is 0 Å². The molecule has 2 unspecified atom stereocenters. The van der Waals surface area contributed by atoms with Crippen LogP contribution >= 0.6 is 0 Å². The van der Waals surface area contributed by atoms with Crippen molar-refractivity contribution < 1.29 is 9.47 Å². The van der Waals surface area contributed by atoms with Crippen molar-refractivity contribution in [3.8, 4) is 0 Å². The number of ether oxygens (including phenoxy) is 2. The Morgan fingerprint density at radius 3 is 2.33 bits per heavy atom. The molecule has 0 radical (unpaired) electrons. The predicted octanol–water partition coefficient (Wildman–Crippen LogP) is 2.53. The van der Waals surface area contributed by atoms with Gasteiger partial charge in [-0.1, -0.05) is 13.8 Å². The van der Waals surface area contributed by atoms with E-state index < -0.39 is 0 Å². The molecule has 0 aliphatic carbocycles. The summed E-state index contributed by atoms with van der Waals surface area (Å²) in [5, 5.41) is 3.71. The summed E-state index contributed by atoms with van der Waals surface area (Å²) in [5.74, 6) is 0.727. The maximum absolute atomic E-state index is 5.53. The highest BCUT2D eigenvalue weighted by atomic mass is 16.5. The Balaban J connectivity index is 2.44. The minimum absolute atomic E-state index is 0.0566. The fourth-order valence-corrected chi connectivity index (χ4v) is 3.08. The Labute approximate surface area is 131 Å². The van der Waals surface area contributed by atoms with E-state index >= 15 is 0 Å². The van der Waals surface area contributed by atoms with Crippen LogP contribution in [0.2, 0.25) is 0 Å². The first kappa shape index (κ1) is 18.9. The lowest BCUT2D eigenvalue weighted by Gasteiger charge is -2.36. The van der Waals surface area contributed by atoms with Crippen LogP contribution < -0.4 is 5.32 Å². The van der Waals surface area contributed by atoms with Gasteiger partial charge < -0.3 is 14.8 Å². The third-order valence-corrected chi connectivity index (χ3v) is 4.36. The average Bonchev–Trinajstić information content (AvgIpc) is 2.43. The number of methoxy groups -OCH3 is 1. The van der Waals surface area contributed by atoms with Crippen LogP contribution in [-0.4, -0.2) is 62.5 Å². The number of morpholine rings is 1. The minimum Gasteiger partial charge on any atom is -0.379 e. The van der Waals surface area contributed by atoms with Crippen molar-refractivity contribution in [3.63, 3.8) is 0 Å². The van der Waals surface area contributed by atoms with Crippen LogP contribution in [-0.2, 0) is 9.47 Å². The number of nitrogens with zero attached hydrogens (tertiary/aromatic N) is 1. The number of rotatable bonds is 9. The summed E-state index contributed by atoms with van der Waals surface area (Å²) < 4.78 is 11.0. The van der Waals surface area contributed by atoms with Crippen molar-refractivity contribution >= 4 is 0 Å². The molecule has 1 saturated heterocycles. The molecule has 1 heterocycles. The summed E-state index contributed by atoms with van der Waals surface area (Å²) in [6, 6.07) is 1.08. The molecule has 0 aromatic heterocycles. The molecule has 4 nitrogen and oxygen atoms in total. The maximum Gasteiger partial charge on any atom is 0.0637 e. The molecule has 2 atom stereocenters. The number of hydrogen-bond acceptors (Lipinski definition) is 4. The molecule has 126 valence electrons. The minimum atomic E-state index is -0.0566. The van der Waals surface area contributed by atoms with Crippen molar-refractivity contribution in [1.82, 2.24) is 10.2 Å². The lowest BCUT2D eigenvalue weighted by molar-refractivity contribution is 0.00260. The van der Waals surface area contributed by atoms with Crippen LogP contribution in [0.25, 0.3) is 0 Å². The Kier molecular flexibility index (Phi) is 8.17. The quantitative estimate of drug-likeness (QED) is 0.709. The Morgan fingerprint density at radius 2 is 1.81 bits per heavy atom. The normalized spacial score (nSPS) is 20.7. The molecule has 0 aromatic carbocycles. The standard InChI is InChI=1S/C17H36N2O2/c1-14(2)11-16(19-7-9-21-10-8-19)13-18-15(3)12-17(4,5)20-6/h14-16,18H,7-13H2,1-6H3. The van der Waals surface area contributed by atoms with Gasteiger partial charge in [0.05, 0.1) is 18.8 Å². The summed E-state index contributed by atoms with van der Waals surface area (Å²) in [4.78, 5) is 2.59. The first-order valence-corrected chi connectivity index (χ1v) is 8.44. The van der Waals surface area contributed by atoms with Crippen molar-refractivity contribution in [1.29, 1.82) is 0 Å². The monoisotopic (exact) mass is 300 g/mol. The molecule has 0 amide bonds. The molecular weight excluding hydrogens is 264 g/mol. The summed E-state index contributed by atoms with van der Waals surface area (Å²) >= 11 is 0. The lowest BCUT2D eigenvalue weighted by atomic mass is 9.98. The molecule has 1 rings (SSSR count). The second kappa shape index (κ2) is 9.09. The zero-order chi connectivity index (χ0) is 15.9. The van der Waals surface area contributed by atoms with E-state index in [2.05, 4.69) is 44.8 Å². The van der Waals surface area contributed by atoms with Gasteiger partial charge in [-0.2, -0.15) is 0 Å². The second-order valence-electron chi connectivity index (χ2n) is 7.41. The third kappa shape index (κ3) is 7.59. The van der Waals surface area contributed by atoms with Crippen molar-refractivity contribution in [3.05, 3.63) is 0 Å². The molecule has 0 spiro atoms. The van der Waals surface area contributed by atoms with E-state index in [0.717, 1.165) is 45.2 Å². The van der Waals surface area contributed by atoms with Gasteiger partial charge >= 0.3 is 0 Å². The highest BCUT2D eigenvalue weighted by molar-refractivity contribution is 4.81. The third-order valence-electron chi connectivity index (χ3n) is 4.36. The lowest BCUT2D eigenvalue weighted by Crippen LogP contribution is -2.50. The molecular formula is C17H36N2O2. The van der Waals surface area contributed by atoms with Crippen LogP contribution in [0.3, 0.4) is 0 Å². The van der Waals surface area contributed by atoms with Crippen molar-refractivity contribution in [2.75, 3.05) is 40.0 Å². The molecule has 1 N–H and O–H groups in total. The fraction of sp³-hybridized carbons (Fsp3) is 1.00. The largest absolute Gasteiger partial charge is 0.379 e. The smallest absolute Gasteiger partial charge is 0.0637 e. The van der Waals surface area contributed by atoms with E-state index in [0.29, 0.717) is 12.1 Å². The summed E-state index contributed by atoms with van der Waals surface area (Å²) in [7, 11) is 1.79. The first-order chi connectivity index (χ1) is 9.84. The van der Waals surface area contributed by atoms with Crippen LogP contribution in [0.5, 0.6) is 0 Å². The summed E-state index contributed by atoms with van der Waals surface area (Å²) in [6.07, 6.45) is 2.27. The highest BCUT2D eigenvalue weighted by Crippen LogP contribution is 2.17. The highest BCUT2D eigenvalue weighted by Gasteiger charge is 2.24. The summed E-state index contributed by atoms with van der Waals surface area (Å²) in [5.41, 5.74) is -0.0566. The van der Waals surface area contributed by atoms with E-state index in [1.165, 1.54) is 6.42 Å². The molecule has 1 fully saturated rings. The van der Waals surface area contributed by atoms with Gasteiger partial charge in [-0.05, 0) is 39.5 Å².